The van der Waals surface area contributed by atoms with E-state index in [0.717, 1.165) is 21.8 Å². The number of hydrogen-bond acceptors (Lipinski definition) is 5. The summed E-state index contributed by atoms with van der Waals surface area (Å²) in [5, 5.41) is 13.1. The topological polar surface area (TPSA) is 70.9 Å². The molecule has 0 saturated heterocycles. The molecular weight excluding hydrogens is 517 g/mol. The predicted molar refractivity (Wildman–Crippen MR) is 149 cm³/mol. The number of aromatic nitrogens is 2. The third kappa shape index (κ3) is 5.85. The summed E-state index contributed by atoms with van der Waals surface area (Å²) in [6.07, 6.45) is 4.42. The molecule has 4 rings (SSSR count). The van der Waals surface area contributed by atoms with Gasteiger partial charge in [0.25, 0.3) is 0 Å². The van der Waals surface area contributed by atoms with Gasteiger partial charge >= 0.3 is 0 Å². The Morgan fingerprint density at radius 3 is 2.69 bits per heavy atom. The van der Waals surface area contributed by atoms with Crippen LogP contribution in [0.1, 0.15) is 34.0 Å². The van der Waals surface area contributed by atoms with Crippen LogP contribution in [0.3, 0.4) is 0 Å². The molecule has 0 spiro atoms. The Hall–Kier alpha value is -2.89. The number of hydrogen-bond donors (Lipinski definition) is 1. The first-order valence-corrected chi connectivity index (χ1v) is 12.9. The van der Waals surface area contributed by atoms with Gasteiger partial charge in [-0.3, -0.25) is 0 Å². The lowest BCUT2D eigenvalue weighted by Gasteiger charge is -2.33. The highest BCUT2D eigenvalue weighted by Gasteiger charge is 2.27. The molecule has 2 N–H and O–H groups in total. The van der Waals surface area contributed by atoms with Gasteiger partial charge < -0.3 is 15.2 Å². The molecule has 0 fully saturated rings. The summed E-state index contributed by atoms with van der Waals surface area (Å²) < 4.78 is 2.11. The highest BCUT2D eigenvalue weighted by molar-refractivity contribution is 7.80. The van der Waals surface area contributed by atoms with Gasteiger partial charge in [0, 0.05) is 37.0 Å². The van der Waals surface area contributed by atoms with Gasteiger partial charge in [0.1, 0.15) is 11.0 Å². The largest absolute Gasteiger partial charge is 0.391 e. The van der Waals surface area contributed by atoms with E-state index in [4.69, 9.17) is 46.4 Å². The molecule has 0 aliphatic rings. The van der Waals surface area contributed by atoms with Gasteiger partial charge in [0.2, 0.25) is 0 Å². The standard InChI is InChI=1S/C26H23Cl2N5S2/c1-17-11-23(35-15-17)33(25(26(30)34)21-3-2-4-22(27)24(21)28)10-9-20-13-31-16-32(20)14-19-7-5-18(12-29)6-8-19/h2-8,11,13,15-16,25H,9-10,14H2,1H3,(H2,30,34). The lowest BCUT2D eigenvalue weighted by atomic mass is 10.0. The van der Waals surface area contributed by atoms with E-state index in [1.54, 1.807) is 17.4 Å². The fourth-order valence-electron chi connectivity index (χ4n) is 3.95. The zero-order valence-electron chi connectivity index (χ0n) is 19.0. The van der Waals surface area contributed by atoms with Gasteiger partial charge in [0.15, 0.2) is 0 Å². The van der Waals surface area contributed by atoms with Crippen LogP contribution in [0.2, 0.25) is 10.0 Å². The van der Waals surface area contributed by atoms with Crippen LogP contribution in [0.5, 0.6) is 0 Å². The van der Waals surface area contributed by atoms with E-state index in [0.29, 0.717) is 40.1 Å². The number of aryl methyl sites for hydroxylation is 1. The Morgan fingerprint density at radius 1 is 1.26 bits per heavy atom. The van der Waals surface area contributed by atoms with Crippen molar-refractivity contribution in [1.29, 1.82) is 5.26 Å². The Bertz CT molecular complexity index is 1370. The van der Waals surface area contributed by atoms with Crippen molar-refractivity contribution in [3.8, 4) is 6.07 Å². The zero-order valence-corrected chi connectivity index (χ0v) is 22.1. The first-order valence-electron chi connectivity index (χ1n) is 10.9. The maximum atomic E-state index is 9.04. The Morgan fingerprint density at radius 2 is 2.03 bits per heavy atom. The van der Waals surface area contributed by atoms with Crippen molar-refractivity contribution in [2.45, 2.75) is 25.9 Å². The summed E-state index contributed by atoms with van der Waals surface area (Å²) in [7, 11) is 0. The van der Waals surface area contributed by atoms with Crippen LogP contribution in [-0.2, 0) is 13.0 Å². The molecule has 178 valence electrons. The van der Waals surface area contributed by atoms with Gasteiger partial charge in [-0.1, -0.05) is 59.7 Å². The third-order valence-electron chi connectivity index (χ3n) is 5.70. The van der Waals surface area contributed by atoms with Crippen LogP contribution in [0, 0.1) is 18.3 Å². The van der Waals surface area contributed by atoms with Crippen molar-refractivity contribution in [1.82, 2.24) is 9.55 Å². The Labute approximate surface area is 224 Å². The molecule has 0 bridgehead atoms. The Kier molecular flexibility index (Phi) is 8.09. The second kappa shape index (κ2) is 11.2. The molecule has 1 unspecified atom stereocenters. The SMILES string of the molecule is Cc1csc(N(CCc2cncn2Cc2ccc(C#N)cc2)C(C(N)=S)c2cccc(Cl)c2Cl)c1. The molecule has 0 aliphatic carbocycles. The predicted octanol–water partition coefficient (Wildman–Crippen LogP) is 6.56. The number of nitrogens with two attached hydrogens (primary N) is 1. The second-order valence-corrected chi connectivity index (χ2v) is 10.3. The summed E-state index contributed by atoms with van der Waals surface area (Å²) in [4.78, 5) is 6.89. The molecule has 5 nitrogen and oxygen atoms in total. The summed E-state index contributed by atoms with van der Waals surface area (Å²) >= 11 is 20.1. The number of anilines is 1. The minimum absolute atomic E-state index is 0.325. The van der Waals surface area contributed by atoms with E-state index in [2.05, 4.69) is 38.9 Å². The van der Waals surface area contributed by atoms with E-state index in [1.807, 2.05) is 48.9 Å². The first-order chi connectivity index (χ1) is 16.9. The minimum Gasteiger partial charge on any atom is -0.391 e. The van der Waals surface area contributed by atoms with E-state index in [-0.39, 0.29) is 0 Å². The van der Waals surface area contributed by atoms with E-state index in [9.17, 15) is 0 Å². The molecule has 2 aromatic carbocycles. The molecule has 9 heteroatoms. The van der Waals surface area contributed by atoms with Gasteiger partial charge in [-0.05, 0) is 47.7 Å². The lowest BCUT2D eigenvalue weighted by molar-refractivity contribution is 0.692. The van der Waals surface area contributed by atoms with Crippen molar-refractivity contribution in [2.24, 2.45) is 5.73 Å². The zero-order chi connectivity index (χ0) is 24.9. The normalized spacial score (nSPS) is 11.7. The average molecular weight is 541 g/mol. The number of halogens is 2. The lowest BCUT2D eigenvalue weighted by Crippen LogP contribution is -2.38. The minimum atomic E-state index is -0.413. The quantitative estimate of drug-likeness (QED) is 0.244. The molecule has 0 radical (unpaired) electrons. The number of nitriles is 1. The van der Waals surface area contributed by atoms with Crippen LogP contribution >= 0.6 is 46.8 Å². The summed E-state index contributed by atoms with van der Waals surface area (Å²) in [5.41, 5.74) is 11.1. The molecule has 0 saturated carbocycles. The molecule has 35 heavy (non-hydrogen) atoms. The van der Waals surface area contributed by atoms with Crippen molar-refractivity contribution in [2.75, 3.05) is 11.4 Å². The van der Waals surface area contributed by atoms with E-state index >= 15 is 0 Å². The monoisotopic (exact) mass is 539 g/mol. The number of thiocarbonyl (C=S) groups is 1. The van der Waals surface area contributed by atoms with Crippen LogP contribution in [0.15, 0.2) is 66.4 Å². The maximum Gasteiger partial charge on any atom is 0.107 e. The second-order valence-electron chi connectivity index (χ2n) is 8.18. The summed E-state index contributed by atoms with van der Waals surface area (Å²) in [6, 6.07) is 17.0. The van der Waals surface area contributed by atoms with Crippen LogP contribution in [-0.4, -0.2) is 21.1 Å². The summed E-state index contributed by atoms with van der Waals surface area (Å²) in [5.74, 6) is 0. The molecule has 0 amide bonds. The van der Waals surface area contributed by atoms with Crippen LogP contribution in [0.4, 0.5) is 5.00 Å². The van der Waals surface area contributed by atoms with Crippen molar-refractivity contribution >= 4 is 56.7 Å². The highest BCUT2D eigenvalue weighted by Crippen LogP contribution is 2.37. The van der Waals surface area contributed by atoms with Gasteiger partial charge in [-0.2, -0.15) is 5.26 Å². The Balaban J connectivity index is 1.62. The fourth-order valence-corrected chi connectivity index (χ4v) is 5.58. The molecule has 2 heterocycles. The first kappa shape index (κ1) is 25.2. The molecule has 4 aromatic rings. The highest BCUT2D eigenvalue weighted by atomic mass is 35.5. The third-order valence-corrected chi connectivity index (χ3v) is 7.84. The van der Waals surface area contributed by atoms with Gasteiger partial charge in [-0.15, -0.1) is 11.3 Å². The summed E-state index contributed by atoms with van der Waals surface area (Å²) in [6.45, 7) is 3.37. The van der Waals surface area contributed by atoms with Gasteiger partial charge in [0.05, 0.1) is 33.0 Å². The van der Waals surface area contributed by atoms with Crippen molar-refractivity contribution < 1.29 is 0 Å². The van der Waals surface area contributed by atoms with Gasteiger partial charge in [-0.25, -0.2) is 4.98 Å². The van der Waals surface area contributed by atoms with Crippen molar-refractivity contribution in [3.63, 3.8) is 0 Å². The molecule has 0 aliphatic heterocycles. The van der Waals surface area contributed by atoms with Crippen LogP contribution in [0.25, 0.3) is 0 Å². The number of benzene rings is 2. The average Bonchev–Trinajstić information content (AvgIpc) is 3.48. The fraction of sp³-hybridized carbons (Fsp3) is 0.192. The van der Waals surface area contributed by atoms with E-state index in [1.165, 1.54) is 5.56 Å². The van der Waals surface area contributed by atoms with Crippen LogP contribution < -0.4 is 10.6 Å². The molecule has 2 aromatic heterocycles. The smallest absolute Gasteiger partial charge is 0.107 e. The van der Waals surface area contributed by atoms with E-state index < -0.39 is 6.04 Å². The number of thiophene rings is 1. The number of imidazole rings is 1. The molecule has 1 atom stereocenters. The number of nitrogens with zero attached hydrogens (tertiary/aromatic N) is 4. The maximum absolute atomic E-state index is 9.04. The van der Waals surface area contributed by atoms with Crippen molar-refractivity contribution in [3.05, 3.63) is 104 Å². The number of rotatable bonds is 9. The molecular formula is C26H23Cl2N5S2.